The number of rotatable bonds is 63. The molecule has 0 aromatic heterocycles. The molecular formula is C72H130O6. The minimum absolute atomic E-state index is 0.0796. The van der Waals surface area contributed by atoms with Gasteiger partial charge in [0, 0.05) is 19.3 Å². The first kappa shape index (κ1) is 75.1. The molecular weight excluding hydrogens is 961 g/mol. The molecule has 78 heavy (non-hydrogen) atoms. The molecule has 6 nitrogen and oxygen atoms in total. The highest BCUT2D eigenvalue weighted by molar-refractivity contribution is 5.71. The van der Waals surface area contributed by atoms with E-state index in [1.807, 2.05) is 0 Å². The minimum atomic E-state index is -0.783. The van der Waals surface area contributed by atoms with Gasteiger partial charge in [-0.3, -0.25) is 14.4 Å². The van der Waals surface area contributed by atoms with Gasteiger partial charge in [0.2, 0.25) is 0 Å². The Hall–Kier alpha value is -2.89. The molecule has 0 bridgehead atoms. The van der Waals surface area contributed by atoms with E-state index in [9.17, 15) is 14.4 Å². The lowest BCUT2D eigenvalue weighted by Crippen LogP contribution is -2.30. The van der Waals surface area contributed by atoms with Crippen molar-refractivity contribution in [3.63, 3.8) is 0 Å². The monoisotopic (exact) mass is 1090 g/mol. The maximum Gasteiger partial charge on any atom is 0.306 e. The molecule has 0 aliphatic heterocycles. The molecule has 0 aromatic carbocycles. The van der Waals surface area contributed by atoms with Crippen LogP contribution in [-0.4, -0.2) is 37.2 Å². The Kier molecular flexibility index (Phi) is 64.2. The Morgan fingerprint density at radius 3 is 0.731 bits per heavy atom. The summed E-state index contributed by atoms with van der Waals surface area (Å²) in [6.07, 6.45) is 85.2. The average molecular weight is 1090 g/mol. The first-order valence-corrected chi connectivity index (χ1v) is 34.3. The molecule has 6 heteroatoms. The number of hydrogen-bond donors (Lipinski definition) is 0. The smallest absolute Gasteiger partial charge is 0.306 e. The van der Waals surface area contributed by atoms with Crippen molar-refractivity contribution in [1.29, 1.82) is 0 Å². The van der Waals surface area contributed by atoms with Gasteiger partial charge in [0.05, 0.1) is 0 Å². The lowest BCUT2D eigenvalue weighted by atomic mass is 10.0. The summed E-state index contributed by atoms with van der Waals surface area (Å²) < 4.78 is 17.0. The van der Waals surface area contributed by atoms with Crippen molar-refractivity contribution in [2.45, 2.75) is 367 Å². The molecule has 0 saturated carbocycles. The molecule has 0 N–H and O–H groups in total. The van der Waals surface area contributed by atoms with E-state index in [-0.39, 0.29) is 31.1 Å². The van der Waals surface area contributed by atoms with Crippen LogP contribution in [0.2, 0.25) is 0 Å². The zero-order chi connectivity index (χ0) is 56.4. The third-order valence-corrected chi connectivity index (χ3v) is 15.2. The Labute approximate surface area is 485 Å². The highest BCUT2D eigenvalue weighted by Crippen LogP contribution is 2.17. The largest absolute Gasteiger partial charge is 0.462 e. The summed E-state index contributed by atoms with van der Waals surface area (Å²) in [6.45, 7) is 6.65. The second-order valence-corrected chi connectivity index (χ2v) is 23.1. The van der Waals surface area contributed by atoms with Gasteiger partial charge in [-0.25, -0.2) is 0 Å². The number of hydrogen-bond acceptors (Lipinski definition) is 6. The normalized spacial score (nSPS) is 12.4. The number of carbonyl (C=O) groups excluding carboxylic acids is 3. The van der Waals surface area contributed by atoms with E-state index < -0.39 is 6.10 Å². The van der Waals surface area contributed by atoms with Gasteiger partial charge >= 0.3 is 17.9 Å². The van der Waals surface area contributed by atoms with Gasteiger partial charge in [0.15, 0.2) is 6.10 Å². The standard InChI is InChI=1S/C72H130O6/c1-4-7-10-13-16-19-22-25-28-31-33-35-36-38-39-41-44-47-50-53-56-59-62-65-71(74)77-68-69(67-76-70(73)64-61-58-55-52-49-46-43-30-27-24-21-18-15-12-9-6-3)78-72(75)66-63-60-57-54-51-48-45-42-40-37-34-32-29-26-23-20-17-14-11-8-5-2/h21-22,24-25,30-31,33,36,38,43,69H,4-20,23,26-29,32,34-35,37,39-42,44-68H2,1-3H3/b24-21-,25-22-,33-31-,38-36-,43-30-. The van der Waals surface area contributed by atoms with Crippen molar-refractivity contribution in [3.05, 3.63) is 60.8 Å². The molecule has 0 aliphatic carbocycles. The van der Waals surface area contributed by atoms with E-state index in [0.29, 0.717) is 19.3 Å². The molecule has 0 rings (SSSR count). The second kappa shape index (κ2) is 66.6. The van der Waals surface area contributed by atoms with Crippen LogP contribution in [0.15, 0.2) is 60.8 Å². The fraction of sp³-hybridized carbons (Fsp3) is 0.819. The molecule has 0 fully saturated rings. The van der Waals surface area contributed by atoms with Crippen LogP contribution in [0, 0.1) is 0 Å². The summed E-state index contributed by atoms with van der Waals surface area (Å²) in [6, 6.07) is 0. The molecule has 0 amide bonds. The Morgan fingerprint density at radius 1 is 0.256 bits per heavy atom. The molecule has 454 valence electrons. The van der Waals surface area contributed by atoms with Crippen LogP contribution in [-0.2, 0) is 28.6 Å². The van der Waals surface area contributed by atoms with Gasteiger partial charge in [0.25, 0.3) is 0 Å². The molecule has 0 aliphatic rings. The third-order valence-electron chi connectivity index (χ3n) is 15.2. The predicted molar refractivity (Wildman–Crippen MR) is 339 cm³/mol. The summed E-state index contributed by atoms with van der Waals surface area (Å²) in [4.78, 5) is 38.4. The van der Waals surface area contributed by atoms with E-state index >= 15 is 0 Å². The van der Waals surface area contributed by atoms with Gasteiger partial charge in [0.1, 0.15) is 13.2 Å². The Balaban J connectivity index is 4.35. The van der Waals surface area contributed by atoms with E-state index in [1.54, 1.807) is 0 Å². The summed E-state index contributed by atoms with van der Waals surface area (Å²) in [5.74, 6) is -0.877. The predicted octanol–water partition coefficient (Wildman–Crippen LogP) is 23.5. The number of carbonyl (C=O) groups is 3. The van der Waals surface area contributed by atoms with Crippen LogP contribution in [0.1, 0.15) is 361 Å². The van der Waals surface area contributed by atoms with E-state index in [4.69, 9.17) is 14.2 Å². The van der Waals surface area contributed by atoms with Gasteiger partial charge in [-0.2, -0.15) is 0 Å². The maximum absolute atomic E-state index is 12.9. The second-order valence-electron chi connectivity index (χ2n) is 23.1. The van der Waals surface area contributed by atoms with Crippen LogP contribution in [0.5, 0.6) is 0 Å². The SMILES string of the molecule is CCCCCC/C=C\C/C=C\CCCCCCCC(=O)OCC(COC(=O)CCCCCCCCCC/C=C\C/C=C\C/C=C\CCCCCCC)OC(=O)CCCCCCCCCCCCCCCCCCCCCCC. The zero-order valence-electron chi connectivity index (χ0n) is 52.2. The van der Waals surface area contributed by atoms with Crippen molar-refractivity contribution in [2.75, 3.05) is 13.2 Å². The summed E-state index contributed by atoms with van der Waals surface area (Å²) in [5.41, 5.74) is 0. The van der Waals surface area contributed by atoms with Crippen molar-refractivity contribution in [2.24, 2.45) is 0 Å². The molecule has 0 aromatic rings. The van der Waals surface area contributed by atoms with E-state index in [0.717, 1.165) is 96.3 Å². The molecule has 1 atom stereocenters. The average Bonchev–Trinajstić information content (AvgIpc) is 3.44. The van der Waals surface area contributed by atoms with Crippen LogP contribution in [0.25, 0.3) is 0 Å². The maximum atomic E-state index is 12.9. The lowest BCUT2D eigenvalue weighted by molar-refractivity contribution is -0.167. The molecule has 0 heterocycles. The van der Waals surface area contributed by atoms with Crippen molar-refractivity contribution < 1.29 is 28.6 Å². The Bertz CT molecular complexity index is 1390. The van der Waals surface area contributed by atoms with Crippen molar-refractivity contribution >= 4 is 17.9 Å². The topological polar surface area (TPSA) is 78.9 Å². The summed E-state index contributed by atoms with van der Waals surface area (Å²) >= 11 is 0. The molecule has 0 radical (unpaired) electrons. The number of ether oxygens (including phenoxy) is 3. The van der Waals surface area contributed by atoms with Crippen LogP contribution in [0.3, 0.4) is 0 Å². The highest BCUT2D eigenvalue weighted by Gasteiger charge is 2.19. The van der Waals surface area contributed by atoms with Crippen molar-refractivity contribution in [3.8, 4) is 0 Å². The van der Waals surface area contributed by atoms with Gasteiger partial charge in [-0.05, 0) is 89.9 Å². The van der Waals surface area contributed by atoms with Crippen molar-refractivity contribution in [1.82, 2.24) is 0 Å². The lowest BCUT2D eigenvalue weighted by Gasteiger charge is -2.18. The Morgan fingerprint density at radius 2 is 0.462 bits per heavy atom. The number of esters is 3. The van der Waals surface area contributed by atoms with Gasteiger partial charge in [-0.1, -0.05) is 313 Å². The van der Waals surface area contributed by atoms with E-state index in [2.05, 4.69) is 81.5 Å². The van der Waals surface area contributed by atoms with Crippen LogP contribution < -0.4 is 0 Å². The van der Waals surface area contributed by atoms with E-state index in [1.165, 1.54) is 225 Å². The third kappa shape index (κ3) is 63.9. The number of unbranched alkanes of at least 4 members (excludes halogenated alkanes) is 42. The molecule has 0 spiro atoms. The summed E-state index contributed by atoms with van der Waals surface area (Å²) in [5, 5.41) is 0. The highest BCUT2D eigenvalue weighted by atomic mass is 16.6. The van der Waals surface area contributed by atoms with Crippen LogP contribution >= 0.6 is 0 Å². The quantitative estimate of drug-likeness (QED) is 0.0261. The molecule has 0 saturated heterocycles. The van der Waals surface area contributed by atoms with Crippen LogP contribution in [0.4, 0.5) is 0 Å². The van der Waals surface area contributed by atoms with Gasteiger partial charge < -0.3 is 14.2 Å². The fourth-order valence-corrected chi connectivity index (χ4v) is 10.1. The minimum Gasteiger partial charge on any atom is -0.462 e. The molecule has 1 unspecified atom stereocenters. The summed E-state index contributed by atoms with van der Waals surface area (Å²) in [7, 11) is 0. The fourth-order valence-electron chi connectivity index (χ4n) is 10.1. The van der Waals surface area contributed by atoms with Gasteiger partial charge in [-0.15, -0.1) is 0 Å². The zero-order valence-corrected chi connectivity index (χ0v) is 52.2. The first-order chi connectivity index (χ1) is 38.5. The number of allylic oxidation sites excluding steroid dienone is 10. The first-order valence-electron chi connectivity index (χ1n) is 34.3.